The van der Waals surface area contributed by atoms with Gasteiger partial charge in [-0.3, -0.25) is 9.59 Å². The highest BCUT2D eigenvalue weighted by Crippen LogP contribution is 2.41. The van der Waals surface area contributed by atoms with E-state index in [2.05, 4.69) is 5.32 Å². The molecule has 2 aromatic carbocycles. The second-order valence-corrected chi connectivity index (χ2v) is 9.00. The summed E-state index contributed by atoms with van der Waals surface area (Å²) in [4.78, 5) is 23.8. The van der Waals surface area contributed by atoms with Gasteiger partial charge in [0.1, 0.15) is 6.42 Å². The summed E-state index contributed by atoms with van der Waals surface area (Å²) in [6, 6.07) is 6.33. The van der Waals surface area contributed by atoms with E-state index in [4.69, 9.17) is 34.8 Å². The van der Waals surface area contributed by atoms with E-state index in [0.29, 0.717) is 11.1 Å². The predicted octanol–water partition coefficient (Wildman–Crippen LogP) is 7.46. The van der Waals surface area contributed by atoms with Crippen molar-refractivity contribution in [2.24, 2.45) is 0 Å². The van der Waals surface area contributed by atoms with Crippen molar-refractivity contribution < 1.29 is 35.9 Å². The van der Waals surface area contributed by atoms with Crippen molar-refractivity contribution in [2.45, 2.75) is 44.7 Å². The summed E-state index contributed by atoms with van der Waals surface area (Å²) < 4.78 is 77.9. The van der Waals surface area contributed by atoms with E-state index >= 15 is 0 Å². The molecule has 13 heteroatoms. The maximum Gasteiger partial charge on any atom is 0.399 e. The Balaban J connectivity index is 2.18. The molecule has 2 atom stereocenters. The number of allylic oxidation sites excluding steroid dienone is 1. The zero-order valence-electron chi connectivity index (χ0n) is 18.6. The first-order valence-electron chi connectivity index (χ1n) is 10.1. The molecule has 2 amide bonds. The molecule has 0 aliphatic heterocycles. The fourth-order valence-electron chi connectivity index (χ4n) is 3.20. The highest BCUT2D eigenvalue weighted by atomic mass is 35.5. The van der Waals surface area contributed by atoms with Crippen LogP contribution in [-0.2, 0) is 4.79 Å². The molecule has 2 rings (SSSR count). The van der Waals surface area contributed by atoms with Crippen LogP contribution < -0.4 is 10.6 Å². The van der Waals surface area contributed by atoms with Crippen molar-refractivity contribution in [1.29, 1.82) is 0 Å². The minimum Gasteiger partial charge on any atom is -0.336 e. The Kier molecular flexibility index (Phi) is 9.72. The number of hydrogen-bond donors (Lipinski definition) is 2. The molecule has 2 aromatic rings. The van der Waals surface area contributed by atoms with E-state index in [-0.39, 0.29) is 26.2 Å². The SMILES string of the molecule is Cc1cc(/C=C/C(c2cc(Cl)c(Cl)c(Cl)c2)C(F)(F)F)ccc1C(=O)N[C@H](C)NC(=O)CC(F)(F)F. The summed E-state index contributed by atoms with van der Waals surface area (Å²) in [5.74, 6) is -4.05. The first-order chi connectivity index (χ1) is 16.5. The van der Waals surface area contributed by atoms with Crippen LogP contribution in [-0.4, -0.2) is 30.3 Å². The van der Waals surface area contributed by atoms with Crippen LogP contribution >= 0.6 is 34.8 Å². The van der Waals surface area contributed by atoms with Gasteiger partial charge in [0, 0.05) is 5.56 Å². The minimum absolute atomic E-state index is 0.0642. The van der Waals surface area contributed by atoms with E-state index in [9.17, 15) is 35.9 Å². The Morgan fingerprint density at radius 1 is 0.972 bits per heavy atom. The lowest BCUT2D eigenvalue weighted by molar-refractivity contribution is -0.154. The third kappa shape index (κ3) is 8.60. The van der Waals surface area contributed by atoms with Gasteiger partial charge in [-0.05, 0) is 48.7 Å². The van der Waals surface area contributed by atoms with Crippen LogP contribution in [0, 0.1) is 6.92 Å². The molecule has 0 bridgehead atoms. The van der Waals surface area contributed by atoms with Crippen molar-refractivity contribution in [3.05, 3.63) is 73.7 Å². The standard InChI is InChI=1S/C23H19Cl3F6N2O2/c1-11-7-13(3-5-15(11)21(36)34-12(2)33-19(35)10-22(27,28)29)4-6-16(23(30,31)32)14-8-17(24)20(26)18(25)9-14/h3-9,12,16H,10H2,1-2H3,(H,33,35)(H,34,36)/b6-4+/t12-,16?/m1/s1. The van der Waals surface area contributed by atoms with Crippen molar-refractivity contribution >= 4 is 52.7 Å². The molecule has 0 radical (unpaired) electrons. The largest absolute Gasteiger partial charge is 0.399 e. The van der Waals surface area contributed by atoms with Crippen LogP contribution in [0.3, 0.4) is 0 Å². The van der Waals surface area contributed by atoms with E-state index in [1.165, 1.54) is 38.1 Å². The van der Waals surface area contributed by atoms with Crippen LogP contribution in [0.5, 0.6) is 0 Å². The number of carbonyl (C=O) groups is 2. The van der Waals surface area contributed by atoms with E-state index in [0.717, 1.165) is 18.2 Å². The Hall–Kier alpha value is -2.43. The first-order valence-corrected chi connectivity index (χ1v) is 11.3. The fraction of sp³-hybridized carbons (Fsp3) is 0.304. The van der Waals surface area contributed by atoms with Gasteiger partial charge in [-0.1, -0.05) is 59.1 Å². The van der Waals surface area contributed by atoms with Crippen LogP contribution in [0.25, 0.3) is 6.08 Å². The predicted molar refractivity (Wildman–Crippen MR) is 126 cm³/mol. The van der Waals surface area contributed by atoms with Crippen molar-refractivity contribution in [3.8, 4) is 0 Å². The van der Waals surface area contributed by atoms with Gasteiger partial charge in [0.2, 0.25) is 5.91 Å². The normalized spacial score (nSPS) is 14.0. The molecule has 196 valence electrons. The van der Waals surface area contributed by atoms with Gasteiger partial charge < -0.3 is 10.6 Å². The number of nitrogens with one attached hydrogen (secondary N) is 2. The van der Waals surface area contributed by atoms with Crippen LogP contribution in [0.2, 0.25) is 15.1 Å². The Bertz CT molecular complexity index is 1140. The highest BCUT2D eigenvalue weighted by molar-refractivity contribution is 6.48. The van der Waals surface area contributed by atoms with Crippen LogP contribution in [0.1, 0.15) is 46.3 Å². The Morgan fingerprint density at radius 2 is 1.56 bits per heavy atom. The molecule has 0 aliphatic carbocycles. The number of hydrogen-bond acceptors (Lipinski definition) is 2. The maximum atomic E-state index is 13.7. The molecule has 0 saturated heterocycles. The van der Waals surface area contributed by atoms with Gasteiger partial charge in [0.05, 0.1) is 27.2 Å². The summed E-state index contributed by atoms with van der Waals surface area (Å²) >= 11 is 17.6. The molecular weight excluding hydrogens is 557 g/mol. The molecule has 0 fully saturated rings. The van der Waals surface area contributed by atoms with Gasteiger partial charge in [0.15, 0.2) is 0 Å². The number of benzene rings is 2. The van der Waals surface area contributed by atoms with Crippen molar-refractivity contribution in [3.63, 3.8) is 0 Å². The lowest BCUT2D eigenvalue weighted by atomic mass is 9.96. The Labute approximate surface area is 217 Å². The quantitative estimate of drug-likeness (QED) is 0.205. The maximum absolute atomic E-state index is 13.7. The lowest BCUT2D eigenvalue weighted by Gasteiger charge is -2.19. The number of rotatable bonds is 7. The molecule has 0 heterocycles. The van der Waals surface area contributed by atoms with Gasteiger partial charge in [-0.15, -0.1) is 0 Å². The summed E-state index contributed by atoms with van der Waals surface area (Å²) in [6.07, 6.45) is -10.0. The zero-order chi connectivity index (χ0) is 27.4. The lowest BCUT2D eigenvalue weighted by Crippen LogP contribution is -2.46. The number of alkyl halides is 6. The minimum atomic E-state index is -4.69. The molecular formula is C23H19Cl3F6N2O2. The highest BCUT2D eigenvalue weighted by Gasteiger charge is 2.39. The van der Waals surface area contributed by atoms with E-state index in [1.54, 1.807) is 0 Å². The molecule has 36 heavy (non-hydrogen) atoms. The third-order valence-corrected chi connectivity index (χ3v) is 5.98. The van der Waals surface area contributed by atoms with Crippen molar-refractivity contribution in [1.82, 2.24) is 10.6 Å². The number of amides is 2. The third-order valence-electron chi connectivity index (χ3n) is 4.78. The molecule has 0 aliphatic rings. The van der Waals surface area contributed by atoms with Crippen LogP contribution in [0.15, 0.2) is 36.4 Å². The fourth-order valence-corrected chi connectivity index (χ4v) is 3.81. The topological polar surface area (TPSA) is 58.2 Å². The van der Waals surface area contributed by atoms with Gasteiger partial charge in [-0.25, -0.2) is 0 Å². The summed E-state index contributed by atoms with van der Waals surface area (Å²) in [7, 11) is 0. The van der Waals surface area contributed by atoms with Gasteiger partial charge >= 0.3 is 12.4 Å². The summed E-state index contributed by atoms with van der Waals surface area (Å²) in [6.45, 7) is 2.81. The average Bonchev–Trinajstić information content (AvgIpc) is 2.69. The Morgan fingerprint density at radius 3 is 2.06 bits per heavy atom. The molecule has 0 saturated carbocycles. The molecule has 1 unspecified atom stereocenters. The first kappa shape index (κ1) is 29.8. The molecule has 2 N–H and O–H groups in total. The second kappa shape index (κ2) is 11.7. The molecule has 0 spiro atoms. The zero-order valence-corrected chi connectivity index (χ0v) is 20.9. The van der Waals surface area contributed by atoms with Gasteiger partial charge in [-0.2, -0.15) is 26.3 Å². The number of halogens is 9. The van der Waals surface area contributed by atoms with Crippen LogP contribution in [0.4, 0.5) is 26.3 Å². The smallest absolute Gasteiger partial charge is 0.336 e. The molecule has 4 nitrogen and oxygen atoms in total. The summed E-state index contributed by atoms with van der Waals surface area (Å²) in [5, 5.41) is 4.03. The summed E-state index contributed by atoms with van der Waals surface area (Å²) in [5.41, 5.74) is 0.626. The number of aryl methyl sites for hydroxylation is 1. The average molecular weight is 576 g/mol. The number of carbonyl (C=O) groups excluding carboxylic acids is 2. The van der Waals surface area contributed by atoms with Crippen molar-refractivity contribution in [2.75, 3.05) is 0 Å². The molecule has 0 aromatic heterocycles. The second-order valence-electron chi connectivity index (χ2n) is 7.81. The van der Waals surface area contributed by atoms with E-state index < -0.39 is 42.7 Å². The monoisotopic (exact) mass is 574 g/mol. The van der Waals surface area contributed by atoms with Gasteiger partial charge in [0.25, 0.3) is 5.91 Å². The van der Waals surface area contributed by atoms with E-state index in [1.807, 2.05) is 5.32 Å².